The van der Waals surface area contributed by atoms with E-state index in [4.69, 9.17) is 57.3 Å². The number of hydrogen-bond acceptors (Lipinski definition) is 18. The summed E-state index contributed by atoms with van der Waals surface area (Å²) in [7, 11) is 3.74. The zero-order valence-corrected chi connectivity index (χ0v) is 53.3. The molecule has 30 heteroatoms. The van der Waals surface area contributed by atoms with Crippen molar-refractivity contribution in [1.29, 1.82) is 0 Å². The third-order valence-electron chi connectivity index (χ3n) is 11.1. The Hall–Kier alpha value is -4.46. The summed E-state index contributed by atoms with van der Waals surface area (Å²) in [6.45, 7) is 4.12. The summed E-state index contributed by atoms with van der Waals surface area (Å²) < 4.78 is 7.25. The molecule has 0 amide bonds. The monoisotopic (exact) mass is 1420 g/mol. The highest BCUT2D eigenvalue weighted by molar-refractivity contribution is 9.13. The van der Waals surface area contributed by atoms with Gasteiger partial charge in [0.15, 0.2) is 35.4 Å². The van der Waals surface area contributed by atoms with Gasteiger partial charge in [-0.3, -0.25) is 19.2 Å². The number of H-pyrrole nitrogens is 4. The number of aryl methyl sites for hydroxylation is 3. The maximum Gasteiger partial charge on any atom is 0.197 e. The van der Waals surface area contributed by atoms with Gasteiger partial charge in [0.05, 0.1) is 66.9 Å². The summed E-state index contributed by atoms with van der Waals surface area (Å²) in [5, 5.41) is 0. The van der Waals surface area contributed by atoms with Gasteiger partial charge >= 0.3 is 0 Å². The molecule has 0 aromatic carbocycles. The Balaban J connectivity index is -0.000000922. The topological polar surface area (TPSA) is 453 Å². The average molecular weight is 1420 g/mol. The molecule has 6 heterocycles. The quantitative estimate of drug-likeness (QED) is 0.0191. The first kappa shape index (κ1) is 79.8. The minimum absolute atomic E-state index is 0. The second-order valence-electron chi connectivity index (χ2n) is 17.5. The molecule has 6 aromatic rings. The van der Waals surface area contributed by atoms with Crippen molar-refractivity contribution in [3.8, 4) is 0 Å². The number of aromatic amines is 4. The van der Waals surface area contributed by atoms with Crippen molar-refractivity contribution in [2.45, 2.75) is 123 Å². The van der Waals surface area contributed by atoms with Crippen LogP contribution in [0.15, 0.2) is 55.1 Å². The van der Waals surface area contributed by atoms with E-state index in [0.29, 0.717) is 68.4 Å². The van der Waals surface area contributed by atoms with Crippen molar-refractivity contribution in [2.24, 2.45) is 48.5 Å². The molecule has 0 aliphatic carbocycles. The van der Waals surface area contributed by atoms with Crippen molar-refractivity contribution in [1.82, 2.24) is 49.0 Å². The van der Waals surface area contributed by atoms with Crippen LogP contribution in [0.3, 0.4) is 0 Å². The Morgan fingerprint density at radius 3 is 1.18 bits per heavy atom. The fourth-order valence-electron chi connectivity index (χ4n) is 6.70. The molecule has 24 N–H and O–H groups in total. The molecule has 1 unspecified atom stereocenters. The number of imidazole rings is 4. The summed E-state index contributed by atoms with van der Waals surface area (Å²) in [6, 6.07) is 3.42. The average Bonchev–Trinajstić information content (AvgIpc) is 4.28. The number of nitrogen functional groups attached to an aromatic ring is 4. The van der Waals surface area contributed by atoms with Gasteiger partial charge in [-0.05, 0) is 173 Å². The van der Waals surface area contributed by atoms with E-state index < -0.39 is 0 Å². The van der Waals surface area contributed by atoms with E-state index in [1.165, 1.54) is 6.92 Å². The molecule has 1 atom stereocenters. The highest BCUT2D eigenvalue weighted by atomic mass is 79.9. The van der Waals surface area contributed by atoms with E-state index in [9.17, 15) is 19.2 Å². The van der Waals surface area contributed by atoms with Gasteiger partial charge < -0.3 is 86.4 Å². The van der Waals surface area contributed by atoms with Crippen LogP contribution in [0.1, 0.15) is 135 Å². The number of rotatable bonds is 26. The molecule has 0 radical (unpaired) electrons. The van der Waals surface area contributed by atoms with Crippen LogP contribution in [0.2, 0.25) is 0 Å². The zero-order valence-electron chi connectivity index (χ0n) is 45.3. The Kier molecular flexibility index (Phi) is 45.9. The number of carbonyl (C=O) groups excluding carboxylic acids is 4. The molecule has 6 aromatic heterocycles. The van der Waals surface area contributed by atoms with E-state index >= 15 is 0 Å². The van der Waals surface area contributed by atoms with Crippen LogP contribution in [-0.2, 0) is 49.4 Å². The summed E-state index contributed by atoms with van der Waals surface area (Å²) in [6.07, 6.45) is 20.4. The summed E-state index contributed by atoms with van der Waals surface area (Å²) in [5.74, 6) is 2.22. The Bertz CT molecular complexity index is 2620. The standard InChI is InChI=1S/C14H18Br2N4O.C12H14Br2N4O.C7H14N4.C7H16N2O.C5H10N4.C4H10N2O.CH4.2ClH/c1-20-11(7-10(15)13(20)16)12(21)6-4-2-3-5-9-8-18-14(17)19-9;1-18-9(5-8(13)11(18)14)10(19)4-2-3-7-6-16-12(15)17-7;8-4-2-1-3-6-5-10-7(9)11-6;1-6(10)7(9)4-2-3-5-8;6-2-1-4-3-8-5(7)9-4;5-2-1-4(7)3-6;;;/h7-8H,2-6H2,1H3,(H3,17,18,19);5-6H,2-4H2,1H3,(H3,15,16,17);5H,1-4,8H2,(H3,9,10,11);7H,2-5,8-9H2,1H3;3H,1-2,6H2,(H3,7,8,9);1-3,5-6H2;1H4;2*1H. The number of nitrogens with zero attached hydrogens (tertiary/aromatic N) is 6. The van der Waals surface area contributed by atoms with Gasteiger partial charge in [-0.25, -0.2) is 19.9 Å². The molecular formula is C50H88Br4Cl2N20O4. The van der Waals surface area contributed by atoms with Crippen LogP contribution in [0.25, 0.3) is 0 Å². The SMILES string of the molecule is C.CC(=O)C(N)CCCCN.Cl.Cl.Cn1c(C(=O)CCCCCc2cnc(N)[nH]2)cc(Br)c1Br.Cn1c(C(=O)CCCc2cnc(N)[nH]2)cc(Br)c1Br.NCCC(=O)CN.NCCCCc1cnc(N)[nH]1.NCCc1cnc(N)[nH]1. The van der Waals surface area contributed by atoms with Crippen LogP contribution in [0.5, 0.6) is 0 Å². The Morgan fingerprint density at radius 2 is 0.875 bits per heavy atom. The van der Waals surface area contributed by atoms with Crippen molar-refractivity contribution >= 4 is 135 Å². The van der Waals surface area contributed by atoms with Gasteiger partial charge in [-0.2, -0.15) is 0 Å². The maximum absolute atomic E-state index is 12.2. The van der Waals surface area contributed by atoms with Gasteiger partial charge in [-0.1, -0.05) is 20.3 Å². The number of hydrogen-bond donors (Lipinski definition) is 14. The molecule has 0 aliphatic heterocycles. The number of ketones is 4. The highest BCUT2D eigenvalue weighted by Crippen LogP contribution is 2.28. The van der Waals surface area contributed by atoms with Crippen LogP contribution in [0.4, 0.5) is 23.8 Å². The van der Waals surface area contributed by atoms with Crippen LogP contribution >= 0.6 is 88.5 Å². The molecule has 0 saturated heterocycles. The number of anilines is 4. The predicted octanol–water partition coefficient (Wildman–Crippen LogP) is 7.04. The van der Waals surface area contributed by atoms with Crippen molar-refractivity contribution in [2.75, 3.05) is 55.7 Å². The van der Waals surface area contributed by atoms with Crippen LogP contribution < -0.4 is 57.3 Å². The van der Waals surface area contributed by atoms with Crippen molar-refractivity contribution < 1.29 is 19.2 Å². The fraction of sp³-hybridized carbons (Fsp3) is 0.520. The van der Waals surface area contributed by atoms with Gasteiger partial charge in [-0.15, -0.1) is 24.8 Å². The third-order valence-corrected chi connectivity index (χ3v) is 15.2. The molecule has 24 nitrogen and oxygen atoms in total. The highest BCUT2D eigenvalue weighted by Gasteiger charge is 2.16. The Labute approximate surface area is 516 Å². The minimum Gasteiger partial charge on any atom is -0.369 e. The summed E-state index contributed by atoms with van der Waals surface area (Å²) in [5.41, 5.74) is 58.6. The molecule has 0 saturated carbocycles. The zero-order chi connectivity index (χ0) is 57.9. The van der Waals surface area contributed by atoms with E-state index in [1.807, 2.05) is 35.4 Å². The number of aromatic nitrogens is 10. The summed E-state index contributed by atoms with van der Waals surface area (Å²) >= 11 is 13.7. The van der Waals surface area contributed by atoms with E-state index in [0.717, 1.165) is 137 Å². The normalized spacial score (nSPS) is 10.4. The lowest BCUT2D eigenvalue weighted by Crippen LogP contribution is -2.28. The smallest absolute Gasteiger partial charge is 0.197 e. The number of nitrogens with two attached hydrogens (primary N) is 10. The first-order valence-electron chi connectivity index (χ1n) is 25.2. The molecule has 0 fully saturated rings. The van der Waals surface area contributed by atoms with E-state index in [1.54, 1.807) is 24.8 Å². The first-order valence-corrected chi connectivity index (χ1v) is 28.3. The third kappa shape index (κ3) is 33.5. The second kappa shape index (κ2) is 46.1. The van der Waals surface area contributed by atoms with Gasteiger partial charge in [0, 0.05) is 62.6 Å². The number of Topliss-reactive ketones (excluding diaryl/α,β-unsaturated/α-hetero) is 4. The lowest BCUT2D eigenvalue weighted by atomic mass is 10.1. The molecule has 0 spiro atoms. The summed E-state index contributed by atoms with van der Waals surface area (Å²) in [4.78, 5) is 72.4. The fourth-order valence-corrected chi connectivity index (χ4v) is 8.27. The largest absolute Gasteiger partial charge is 0.369 e. The van der Waals surface area contributed by atoms with E-state index in [2.05, 4.69) is 104 Å². The molecule has 80 heavy (non-hydrogen) atoms. The minimum atomic E-state index is -0.272. The molecule has 0 aliphatic rings. The molecule has 0 bridgehead atoms. The lowest BCUT2D eigenvalue weighted by molar-refractivity contribution is -0.118. The predicted molar refractivity (Wildman–Crippen MR) is 343 cm³/mol. The van der Waals surface area contributed by atoms with Gasteiger partial charge in [0.25, 0.3) is 0 Å². The molecular weight excluding hydrogens is 1340 g/mol. The van der Waals surface area contributed by atoms with Crippen molar-refractivity contribution in [3.63, 3.8) is 0 Å². The Morgan fingerprint density at radius 1 is 0.512 bits per heavy atom. The van der Waals surface area contributed by atoms with Gasteiger partial charge in [0.1, 0.15) is 11.6 Å². The lowest BCUT2D eigenvalue weighted by Gasteiger charge is -2.05. The first-order chi connectivity index (χ1) is 36.6. The van der Waals surface area contributed by atoms with Crippen LogP contribution in [-0.4, -0.2) is 111 Å². The molecule has 6 rings (SSSR count). The number of carbonyl (C=O) groups is 4. The van der Waals surface area contributed by atoms with E-state index in [-0.39, 0.29) is 68.0 Å². The number of nitrogens with one attached hydrogen (secondary N) is 4. The second-order valence-corrected chi connectivity index (χ2v) is 20.7. The molecule has 454 valence electrons. The van der Waals surface area contributed by atoms with Crippen LogP contribution in [0, 0.1) is 0 Å². The number of halogens is 6. The maximum atomic E-state index is 12.2. The number of unbranched alkanes of at least 4 members (excludes halogenated alkanes) is 4. The van der Waals surface area contributed by atoms with Gasteiger partial charge in [0.2, 0.25) is 0 Å². The van der Waals surface area contributed by atoms with Crippen molar-refractivity contribution in [3.05, 3.63) is 89.2 Å².